The molecule has 0 bridgehead atoms. The number of rotatable bonds is 2. The van der Waals surface area contributed by atoms with E-state index in [1.54, 1.807) is 0 Å². The van der Waals surface area contributed by atoms with Crippen molar-refractivity contribution in [2.45, 2.75) is 12.5 Å². The molecule has 0 aliphatic heterocycles. The van der Waals surface area contributed by atoms with Crippen LogP contribution >= 0.6 is 15.9 Å². The number of hydrogen-bond donors (Lipinski definition) is 1. The summed E-state index contributed by atoms with van der Waals surface area (Å²) in [5.74, 6) is -0.495. The van der Waals surface area contributed by atoms with Gasteiger partial charge in [-0.15, -0.1) is 0 Å². The lowest BCUT2D eigenvalue weighted by Gasteiger charge is -2.10. The molecule has 0 spiro atoms. The first-order valence-corrected chi connectivity index (χ1v) is 4.30. The average Bonchev–Trinajstić information content (AvgIpc) is 2.08. The Morgan fingerprint density at radius 1 is 1.31 bits per heavy atom. The Morgan fingerprint density at radius 3 is 2.38 bits per heavy atom. The summed E-state index contributed by atoms with van der Waals surface area (Å²) in [6, 6.07) is 2.24. The third kappa shape index (κ3) is 2.45. The molecular formula is C8H7BrF3N. The summed E-state index contributed by atoms with van der Waals surface area (Å²) >= 11 is 2.89. The summed E-state index contributed by atoms with van der Waals surface area (Å²) in [6.45, 7) is 0. The van der Waals surface area contributed by atoms with E-state index < -0.39 is 18.3 Å². The van der Waals surface area contributed by atoms with Crippen LogP contribution in [0.2, 0.25) is 0 Å². The maximum Gasteiger partial charge on any atom is 0.257 e. The number of nitrogens with two attached hydrogens (primary N) is 1. The van der Waals surface area contributed by atoms with Crippen molar-refractivity contribution < 1.29 is 13.2 Å². The normalized spacial score (nSPS) is 13.4. The summed E-state index contributed by atoms with van der Waals surface area (Å²) in [5, 5.41) is 0. The van der Waals surface area contributed by atoms with E-state index in [2.05, 4.69) is 15.9 Å². The van der Waals surface area contributed by atoms with Gasteiger partial charge in [-0.2, -0.15) is 0 Å². The van der Waals surface area contributed by atoms with Crippen LogP contribution < -0.4 is 5.73 Å². The predicted octanol–water partition coefficient (Wildman–Crippen LogP) is 2.85. The van der Waals surface area contributed by atoms with Gasteiger partial charge in [0.1, 0.15) is 5.82 Å². The zero-order chi connectivity index (χ0) is 10.0. The van der Waals surface area contributed by atoms with Crippen molar-refractivity contribution in [2.24, 2.45) is 5.73 Å². The van der Waals surface area contributed by atoms with E-state index >= 15 is 0 Å². The van der Waals surface area contributed by atoms with E-state index in [1.165, 1.54) is 12.1 Å². The Labute approximate surface area is 81.9 Å². The van der Waals surface area contributed by atoms with E-state index in [-0.39, 0.29) is 10.0 Å². The van der Waals surface area contributed by atoms with Crippen LogP contribution in [0.1, 0.15) is 11.6 Å². The van der Waals surface area contributed by atoms with Gasteiger partial charge in [0.2, 0.25) is 0 Å². The topological polar surface area (TPSA) is 26.0 Å². The number of hydrogen-bond acceptors (Lipinski definition) is 1. The molecule has 1 atom stereocenters. The lowest BCUT2D eigenvalue weighted by atomic mass is 10.1. The third-order valence-corrected chi connectivity index (χ3v) is 2.21. The molecule has 1 aromatic rings. The maximum absolute atomic E-state index is 12.7. The molecule has 13 heavy (non-hydrogen) atoms. The van der Waals surface area contributed by atoms with Crippen molar-refractivity contribution in [3.63, 3.8) is 0 Å². The Hall–Kier alpha value is -0.550. The molecule has 0 heterocycles. The minimum Gasteiger partial charge on any atom is -0.319 e. The smallest absolute Gasteiger partial charge is 0.257 e. The second-order valence-corrected chi connectivity index (χ2v) is 3.39. The summed E-state index contributed by atoms with van der Waals surface area (Å²) in [4.78, 5) is 0. The second-order valence-electron chi connectivity index (χ2n) is 2.53. The fraction of sp³-hybridized carbons (Fsp3) is 0.250. The lowest BCUT2D eigenvalue weighted by Crippen LogP contribution is -2.18. The van der Waals surface area contributed by atoms with Crippen LogP contribution in [0.5, 0.6) is 0 Å². The van der Waals surface area contributed by atoms with Crippen molar-refractivity contribution in [1.82, 2.24) is 0 Å². The molecule has 0 aliphatic rings. The van der Waals surface area contributed by atoms with Crippen LogP contribution in [-0.4, -0.2) is 6.43 Å². The van der Waals surface area contributed by atoms with E-state index in [0.29, 0.717) is 0 Å². The number of halogens is 4. The van der Waals surface area contributed by atoms with Crippen LogP contribution in [0.25, 0.3) is 0 Å². The highest BCUT2D eigenvalue weighted by Gasteiger charge is 2.17. The van der Waals surface area contributed by atoms with Gasteiger partial charge in [-0.25, -0.2) is 13.2 Å². The van der Waals surface area contributed by atoms with Crippen molar-refractivity contribution in [1.29, 1.82) is 0 Å². The van der Waals surface area contributed by atoms with E-state index in [1.807, 2.05) is 0 Å². The second kappa shape index (κ2) is 4.11. The minimum atomic E-state index is -2.64. The molecule has 0 amide bonds. The van der Waals surface area contributed by atoms with Gasteiger partial charge in [0.15, 0.2) is 0 Å². The maximum atomic E-state index is 12.7. The first-order valence-electron chi connectivity index (χ1n) is 3.51. The van der Waals surface area contributed by atoms with Crippen LogP contribution in [0.15, 0.2) is 22.7 Å². The molecule has 2 N–H and O–H groups in total. The quantitative estimate of drug-likeness (QED) is 0.862. The van der Waals surface area contributed by atoms with Gasteiger partial charge in [0, 0.05) is 0 Å². The molecule has 0 radical (unpaired) electrons. The predicted molar refractivity (Wildman–Crippen MR) is 47.0 cm³/mol. The fourth-order valence-electron chi connectivity index (χ4n) is 0.865. The fourth-order valence-corrected chi connectivity index (χ4v) is 1.26. The van der Waals surface area contributed by atoms with Gasteiger partial charge in [-0.05, 0) is 33.6 Å². The zero-order valence-electron chi connectivity index (χ0n) is 6.48. The van der Waals surface area contributed by atoms with Crippen LogP contribution in [0.3, 0.4) is 0 Å². The Bertz CT molecular complexity index is 303. The Balaban J connectivity index is 2.97. The molecule has 0 unspecified atom stereocenters. The first-order chi connectivity index (χ1) is 6.02. The molecule has 1 rings (SSSR count). The molecular weight excluding hydrogens is 247 g/mol. The molecule has 5 heteroatoms. The van der Waals surface area contributed by atoms with Crippen molar-refractivity contribution in [3.8, 4) is 0 Å². The number of alkyl halides is 2. The summed E-state index contributed by atoms with van der Waals surface area (Å²) in [6.07, 6.45) is -2.64. The highest BCUT2D eigenvalue weighted by molar-refractivity contribution is 9.10. The molecule has 0 aliphatic carbocycles. The molecule has 1 aromatic carbocycles. The highest BCUT2D eigenvalue weighted by Crippen LogP contribution is 2.23. The molecule has 0 aromatic heterocycles. The zero-order valence-corrected chi connectivity index (χ0v) is 8.06. The van der Waals surface area contributed by atoms with Gasteiger partial charge in [-0.1, -0.05) is 6.07 Å². The largest absolute Gasteiger partial charge is 0.319 e. The van der Waals surface area contributed by atoms with Crippen molar-refractivity contribution in [2.75, 3.05) is 0 Å². The lowest BCUT2D eigenvalue weighted by molar-refractivity contribution is 0.116. The summed E-state index contributed by atoms with van der Waals surface area (Å²) in [7, 11) is 0. The van der Waals surface area contributed by atoms with Crippen LogP contribution in [0.4, 0.5) is 13.2 Å². The SMILES string of the molecule is N[C@@H](c1ccc(F)c(Br)c1)C(F)F. The molecule has 0 fully saturated rings. The summed E-state index contributed by atoms with van der Waals surface area (Å²) in [5.41, 5.74) is 5.37. The van der Waals surface area contributed by atoms with Gasteiger partial charge in [0.05, 0.1) is 10.5 Å². The van der Waals surface area contributed by atoms with E-state index in [9.17, 15) is 13.2 Å². The van der Waals surface area contributed by atoms with E-state index in [4.69, 9.17) is 5.73 Å². The molecule has 0 saturated carbocycles. The first kappa shape index (κ1) is 10.5. The van der Waals surface area contributed by atoms with Gasteiger partial charge in [0.25, 0.3) is 6.43 Å². The van der Waals surface area contributed by atoms with Crippen molar-refractivity contribution in [3.05, 3.63) is 34.1 Å². The standard InChI is InChI=1S/C8H7BrF3N/c9-5-3-4(1-2-6(5)10)7(13)8(11)12/h1-3,7-8H,13H2/t7-/m0/s1. The molecule has 72 valence electrons. The van der Waals surface area contributed by atoms with Crippen LogP contribution in [0, 0.1) is 5.82 Å². The third-order valence-electron chi connectivity index (χ3n) is 1.60. The average molecular weight is 254 g/mol. The van der Waals surface area contributed by atoms with Crippen LogP contribution in [-0.2, 0) is 0 Å². The minimum absolute atomic E-state index is 0.140. The molecule has 1 nitrogen and oxygen atoms in total. The molecule has 0 saturated heterocycles. The Morgan fingerprint density at radius 2 is 1.92 bits per heavy atom. The highest BCUT2D eigenvalue weighted by atomic mass is 79.9. The van der Waals surface area contributed by atoms with Gasteiger partial charge in [-0.3, -0.25) is 0 Å². The van der Waals surface area contributed by atoms with Crippen molar-refractivity contribution >= 4 is 15.9 Å². The van der Waals surface area contributed by atoms with E-state index in [0.717, 1.165) is 6.07 Å². The number of benzene rings is 1. The monoisotopic (exact) mass is 253 g/mol. The summed E-state index contributed by atoms with van der Waals surface area (Å²) < 4.78 is 37.1. The van der Waals surface area contributed by atoms with Gasteiger partial charge < -0.3 is 5.73 Å². The van der Waals surface area contributed by atoms with Gasteiger partial charge >= 0.3 is 0 Å². The Kier molecular flexibility index (Phi) is 3.33.